The van der Waals surface area contributed by atoms with Crippen LogP contribution in [0, 0.1) is 0 Å². The van der Waals surface area contributed by atoms with Crippen molar-refractivity contribution in [1.82, 2.24) is 4.98 Å². The molecule has 0 radical (unpaired) electrons. The van der Waals surface area contributed by atoms with Crippen molar-refractivity contribution in [3.8, 4) is 11.3 Å². The van der Waals surface area contributed by atoms with Crippen molar-refractivity contribution in [1.29, 1.82) is 0 Å². The van der Waals surface area contributed by atoms with Crippen molar-refractivity contribution in [2.24, 2.45) is 0 Å². The predicted octanol–water partition coefficient (Wildman–Crippen LogP) is 7.72. The molecule has 0 unspecified atom stereocenters. The van der Waals surface area contributed by atoms with Crippen LogP contribution in [0.5, 0.6) is 0 Å². The number of furan rings is 1. The molecule has 0 aliphatic heterocycles. The van der Waals surface area contributed by atoms with Crippen LogP contribution in [0.4, 0.5) is 0 Å². The number of aromatic nitrogens is 1. The van der Waals surface area contributed by atoms with Crippen molar-refractivity contribution >= 4 is 59.5 Å². The molecule has 6 rings (SSSR count). The zero-order valence-electron chi connectivity index (χ0n) is 14.8. The summed E-state index contributed by atoms with van der Waals surface area (Å²) in [4.78, 5) is 5.01. The predicted molar refractivity (Wildman–Crippen MR) is 120 cm³/mol. The summed E-state index contributed by atoms with van der Waals surface area (Å²) in [7, 11) is 0. The van der Waals surface area contributed by atoms with Gasteiger partial charge in [-0.05, 0) is 30.3 Å². The van der Waals surface area contributed by atoms with Crippen LogP contribution in [0.15, 0.2) is 93.8 Å². The molecule has 2 aromatic heterocycles. The van der Waals surface area contributed by atoms with Gasteiger partial charge in [0.2, 0.25) is 0 Å². The second-order valence-electron chi connectivity index (χ2n) is 6.95. The highest BCUT2D eigenvalue weighted by atomic mass is 79.9. The van der Waals surface area contributed by atoms with Crippen molar-refractivity contribution in [2.45, 2.75) is 0 Å². The molecule has 0 atom stereocenters. The summed E-state index contributed by atoms with van der Waals surface area (Å²) in [5.74, 6) is 0. The van der Waals surface area contributed by atoms with Gasteiger partial charge in [0, 0.05) is 37.0 Å². The zero-order chi connectivity index (χ0) is 18.7. The number of hydrogen-bond acceptors (Lipinski definition) is 2. The molecule has 0 bridgehead atoms. The maximum absolute atomic E-state index is 6.35. The van der Waals surface area contributed by atoms with E-state index in [9.17, 15) is 0 Å². The third kappa shape index (κ3) is 2.23. The van der Waals surface area contributed by atoms with Gasteiger partial charge in [-0.15, -0.1) is 0 Å². The number of hydrogen-bond donors (Lipinski definition) is 0. The van der Waals surface area contributed by atoms with E-state index >= 15 is 0 Å². The van der Waals surface area contributed by atoms with Crippen molar-refractivity contribution in [3.05, 3.63) is 89.4 Å². The Labute approximate surface area is 169 Å². The topological polar surface area (TPSA) is 26.0 Å². The molecule has 2 nitrogen and oxygen atoms in total. The van der Waals surface area contributed by atoms with Crippen molar-refractivity contribution in [3.63, 3.8) is 0 Å². The summed E-state index contributed by atoms with van der Waals surface area (Å²) in [5, 5.41) is 5.61. The molecule has 28 heavy (non-hydrogen) atoms. The van der Waals surface area contributed by atoms with Crippen LogP contribution in [-0.2, 0) is 0 Å². The number of rotatable bonds is 1. The fourth-order valence-corrected chi connectivity index (χ4v) is 4.47. The number of pyridine rings is 1. The van der Waals surface area contributed by atoms with Gasteiger partial charge >= 0.3 is 0 Å². The summed E-state index contributed by atoms with van der Waals surface area (Å²) < 4.78 is 7.39. The first kappa shape index (κ1) is 15.8. The van der Waals surface area contributed by atoms with Gasteiger partial charge in [-0.2, -0.15) is 0 Å². The Bertz CT molecular complexity index is 1530. The third-order valence-electron chi connectivity index (χ3n) is 5.31. The molecule has 0 aliphatic rings. The van der Waals surface area contributed by atoms with Crippen LogP contribution in [0.25, 0.3) is 54.9 Å². The molecule has 0 N–H and O–H groups in total. The first-order valence-corrected chi connectivity index (χ1v) is 9.97. The fourth-order valence-electron chi connectivity index (χ4n) is 4.07. The summed E-state index contributed by atoms with van der Waals surface area (Å²) in [6, 6.07) is 29.1. The molecule has 0 amide bonds. The van der Waals surface area contributed by atoms with Crippen LogP contribution >= 0.6 is 15.9 Å². The Kier molecular flexibility index (Phi) is 3.35. The van der Waals surface area contributed by atoms with E-state index in [4.69, 9.17) is 9.40 Å². The van der Waals surface area contributed by atoms with E-state index in [1.165, 1.54) is 0 Å². The van der Waals surface area contributed by atoms with E-state index in [2.05, 4.69) is 70.5 Å². The van der Waals surface area contributed by atoms with E-state index in [0.717, 1.165) is 59.3 Å². The average molecular weight is 424 g/mol. The van der Waals surface area contributed by atoms with Crippen LogP contribution in [0.2, 0.25) is 0 Å². The summed E-state index contributed by atoms with van der Waals surface area (Å²) >= 11 is 3.59. The van der Waals surface area contributed by atoms with Crippen LogP contribution < -0.4 is 0 Å². The fraction of sp³-hybridized carbons (Fsp3) is 0. The van der Waals surface area contributed by atoms with Gasteiger partial charge in [0.1, 0.15) is 11.2 Å². The molecule has 3 heteroatoms. The summed E-state index contributed by atoms with van der Waals surface area (Å²) in [5.41, 5.74) is 4.86. The van der Waals surface area contributed by atoms with Gasteiger partial charge in [0.15, 0.2) is 0 Å². The van der Waals surface area contributed by atoms with E-state index in [0.29, 0.717) is 0 Å². The molecule has 4 aromatic carbocycles. The monoisotopic (exact) mass is 423 g/mol. The second kappa shape index (κ2) is 5.91. The molecule has 0 spiro atoms. The largest absolute Gasteiger partial charge is 0.455 e. The van der Waals surface area contributed by atoms with Gasteiger partial charge in [0.25, 0.3) is 0 Å². The number of para-hydroxylation sites is 2. The van der Waals surface area contributed by atoms with Gasteiger partial charge in [-0.1, -0.05) is 70.5 Å². The maximum atomic E-state index is 6.35. The Morgan fingerprint density at radius 1 is 0.679 bits per heavy atom. The Hall–Kier alpha value is -3.17. The second-order valence-corrected chi connectivity index (χ2v) is 7.87. The quantitative estimate of drug-likeness (QED) is 0.253. The van der Waals surface area contributed by atoms with Crippen LogP contribution in [0.1, 0.15) is 0 Å². The highest BCUT2D eigenvalue weighted by Crippen LogP contribution is 2.40. The first-order valence-electron chi connectivity index (χ1n) is 9.18. The van der Waals surface area contributed by atoms with Crippen LogP contribution in [0.3, 0.4) is 0 Å². The van der Waals surface area contributed by atoms with Gasteiger partial charge in [0.05, 0.1) is 11.2 Å². The minimum Gasteiger partial charge on any atom is -0.455 e. The molecule has 0 saturated heterocycles. The van der Waals surface area contributed by atoms with E-state index < -0.39 is 0 Å². The lowest BCUT2D eigenvalue weighted by molar-refractivity contribution is 0.673. The number of halogens is 1. The minimum atomic E-state index is 0.912. The molecule has 0 aliphatic carbocycles. The molecule has 2 heterocycles. The molecule has 132 valence electrons. The molecule has 0 saturated carbocycles. The lowest BCUT2D eigenvalue weighted by atomic mass is 9.98. The van der Waals surface area contributed by atoms with E-state index in [1.54, 1.807) is 0 Å². The van der Waals surface area contributed by atoms with Crippen molar-refractivity contribution < 1.29 is 4.42 Å². The zero-order valence-corrected chi connectivity index (χ0v) is 16.4. The van der Waals surface area contributed by atoms with Gasteiger partial charge < -0.3 is 4.42 Å². The molecular weight excluding hydrogens is 410 g/mol. The minimum absolute atomic E-state index is 0.912. The molecule has 0 fully saturated rings. The lowest BCUT2D eigenvalue weighted by Gasteiger charge is -2.11. The molecule has 6 aromatic rings. The van der Waals surface area contributed by atoms with E-state index in [1.807, 2.05) is 30.3 Å². The third-order valence-corrected chi connectivity index (χ3v) is 5.80. The molecular formula is C25H14BrNO. The Morgan fingerprint density at radius 2 is 1.46 bits per heavy atom. The number of nitrogens with zero attached hydrogens (tertiary/aromatic N) is 1. The first-order chi connectivity index (χ1) is 13.8. The summed E-state index contributed by atoms with van der Waals surface area (Å²) in [6.45, 7) is 0. The van der Waals surface area contributed by atoms with Gasteiger partial charge in [-0.3, -0.25) is 0 Å². The number of fused-ring (bicyclic) bond motifs is 7. The van der Waals surface area contributed by atoms with E-state index in [-0.39, 0.29) is 0 Å². The van der Waals surface area contributed by atoms with Gasteiger partial charge in [-0.25, -0.2) is 4.98 Å². The Balaban J connectivity index is 1.87. The number of benzene rings is 4. The highest BCUT2D eigenvalue weighted by molar-refractivity contribution is 9.10. The van der Waals surface area contributed by atoms with Crippen LogP contribution in [-0.4, -0.2) is 4.98 Å². The SMILES string of the molecule is Brc1cccc(-c2nc3ccccc3c3c2ccc2c4ccccc4oc23)c1. The van der Waals surface area contributed by atoms with Crippen molar-refractivity contribution in [2.75, 3.05) is 0 Å². The smallest absolute Gasteiger partial charge is 0.144 e. The maximum Gasteiger partial charge on any atom is 0.144 e. The normalized spacial score (nSPS) is 11.8. The standard InChI is InChI=1S/C25H14BrNO/c26-16-7-5-6-15(14-16)24-20-13-12-18-17-8-2-4-11-22(17)28-25(18)23(20)19-9-1-3-10-21(19)27-24/h1-14H. The lowest BCUT2D eigenvalue weighted by Crippen LogP contribution is -1.90. The summed E-state index contributed by atoms with van der Waals surface area (Å²) in [6.07, 6.45) is 0. The Morgan fingerprint density at radius 3 is 2.36 bits per heavy atom. The highest BCUT2D eigenvalue weighted by Gasteiger charge is 2.16. The average Bonchev–Trinajstić information content (AvgIpc) is 3.12.